The number of phenols is 1. The summed E-state index contributed by atoms with van der Waals surface area (Å²) in [6.45, 7) is 0.964. The van der Waals surface area contributed by atoms with Crippen LogP contribution >= 0.6 is 22.6 Å². The number of hydrogen-bond acceptors (Lipinski definition) is 2. The highest BCUT2D eigenvalue weighted by atomic mass is 127. The van der Waals surface area contributed by atoms with E-state index >= 15 is 0 Å². The Bertz CT molecular complexity index is 210. The van der Waals surface area contributed by atoms with Crippen LogP contribution in [0, 0.1) is 0 Å². The van der Waals surface area contributed by atoms with Crippen LogP contribution in [0.4, 0.5) is 5.69 Å². The molecule has 1 rings (SSSR count). The second-order valence-electron chi connectivity index (χ2n) is 2.16. The van der Waals surface area contributed by atoms with E-state index in [9.17, 15) is 0 Å². The summed E-state index contributed by atoms with van der Waals surface area (Å²) in [5, 5.41) is 12.2. The Morgan fingerprint density at radius 3 is 2.45 bits per heavy atom. The second kappa shape index (κ2) is 4.43. The molecule has 2 nitrogen and oxygen atoms in total. The van der Waals surface area contributed by atoms with Gasteiger partial charge in [-0.3, -0.25) is 0 Å². The minimum absolute atomic E-state index is 0.310. The van der Waals surface area contributed by atoms with E-state index in [4.69, 9.17) is 5.11 Å². The van der Waals surface area contributed by atoms with Crippen molar-refractivity contribution in [2.75, 3.05) is 16.3 Å². The van der Waals surface area contributed by atoms with Gasteiger partial charge in [-0.05, 0) is 24.3 Å². The van der Waals surface area contributed by atoms with E-state index in [1.807, 2.05) is 12.1 Å². The highest BCUT2D eigenvalue weighted by Crippen LogP contribution is 2.13. The van der Waals surface area contributed by atoms with Gasteiger partial charge in [-0.15, -0.1) is 0 Å². The lowest BCUT2D eigenvalue weighted by Crippen LogP contribution is -2.01. The topological polar surface area (TPSA) is 32.3 Å². The van der Waals surface area contributed by atoms with Crippen LogP contribution < -0.4 is 5.32 Å². The molecular formula is C8H10INO. The van der Waals surface area contributed by atoms with Crippen molar-refractivity contribution in [2.45, 2.75) is 0 Å². The molecule has 0 spiro atoms. The van der Waals surface area contributed by atoms with Crippen LogP contribution in [0.2, 0.25) is 0 Å². The zero-order chi connectivity index (χ0) is 8.10. The standard InChI is InChI=1S/C8H10INO/c9-5-6-10-7-1-3-8(11)4-2-7/h1-4,10-11H,5-6H2. The molecule has 0 heterocycles. The minimum Gasteiger partial charge on any atom is -0.508 e. The van der Waals surface area contributed by atoms with Crippen LogP contribution in [0.3, 0.4) is 0 Å². The van der Waals surface area contributed by atoms with Crippen molar-refractivity contribution in [1.29, 1.82) is 0 Å². The number of anilines is 1. The van der Waals surface area contributed by atoms with Gasteiger partial charge >= 0.3 is 0 Å². The van der Waals surface area contributed by atoms with E-state index in [0.717, 1.165) is 16.7 Å². The molecule has 0 saturated heterocycles. The zero-order valence-corrected chi connectivity index (χ0v) is 8.21. The summed E-state index contributed by atoms with van der Waals surface area (Å²) in [5.74, 6) is 0.310. The lowest BCUT2D eigenvalue weighted by molar-refractivity contribution is 0.475. The van der Waals surface area contributed by atoms with Crippen LogP contribution in [0.1, 0.15) is 0 Å². The Balaban J connectivity index is 2.52. The average Bonchev–Trinajstić information content (AvgIpc) is 2.04. The molecule has 0 aliphatic carbocycles. The summed E-state index contributed by atoms with van der Waals surface area (Å²) in [6, 6.07) is 7.08. The summed E-state index contributed by atoms with van der Waals surface area (Å²) in [5.41, 5.74) is 1.06. The molecule has 0 bridgehead atoms. The molecule has 0 aliphatic rings. The Morgan fingerprint density at radius 2 is 1.91 bits per heavy atom. The van der Waals surface area contributed by atoms with Gasteiger partial charge in [-0.2, -0.15) is 0 Å². The third-order valence-electron chi connectivity index (χ3n) is 1.29. The van der Waals surface area contributed by atoms with Crippen LogP contribution in [-0.4, -0.2) is 16.1 Å². The van der Waals surface area contributed by atoms with Crippen molar-refractivity contribution in [1.82, 2.24) is 0 Å². The van der Waals surface area contributed by atoms with Gasteiger partial charge in [-0.25, -0.2) is 0 Å². The first-order chi connectivity index (χ1) is 5.33. The molecule has 1 aromatic rings. The largest absolute Gasteiger partial charge is 0.508 e. The number of aromatic hydroxyl groups is 1. The number of alkyl halides is 1. The molecule has 0 aromatic heterocycles. The highest BCUT2D eigenvalue weighted by molar-refractivity contribution is 14.1. The molecule has 0 radical (unpaired) electrons. The minimum atomic E-state index is 0.310. The summed E-state index contributed by atoms with van der Waals surface area (Å²) < 4.78 is 1.08. The van der Waals surface area contributed by atoms with Crippen LogP contribution in [0.25, 0.3) is 0 Å². The quantitative estimate of drug-likeness (QED) is 0.498. The Morgan fingerprint density at radius 1 is 1.27 bits per heavy atom. The Labute approximate surface area is 79.8 Å². The van der Waals surface area contributed by atoms with E-state index in [2.05, 4.69) is 27.9 Å². The van der Waals surface area contributed by atoms with Crippen LogP contribution in [0.15, 0.2) is 24.3 Å². The van der Waals surface area contributed by atoms with Gasteiger partial charge < -0.3 is 10.4 Å². The molecule has 0 aliphatic heterocycles. The fourth-order valence-electron chi connectivity index (χ4n) is 0.771. The van der Waals surface area contributed by atoms with Crippen LogP contribution in [0.5, 0.6) is 5.75 Å². The zero-order valence-electron chi connectivity index (χ0n) is 6.05. The molecule has 0 unspecified atom stereocenters. The van der Waals surface area contributed by atoms with Gasteiger partial charge in [0.05, 0.1) is 0 Å². The van der Waals surface area contributed by atoms with Gasteiger partial charge in [0.2, 0.25) is 0 Å². The molecule has 0 fully saturated rings. The van der Waals surface area contributed by atoms with Crippen molar-refractivity contribution in [3.05, 3.63) is 24.3 Å². The second-order valence-corrected chi connectivity index (χ2v) is 3.24. The third kappa shape index (κ3) is 2.96. The summed E-state index contributed by atoms with van der Waals surface area (Å²) in [4.78, 5) is 0. The number of phenolic OH excluding ortho intramolecular Hbond substituents is 1. The predicted molar refractivity (Wildman–Crippen MR) is 55.5 cm³/mol. The smallest absolute Gasteiger partial charge is 0.115 e. The molecule has 3 heteroatoms. The molecule has 0 amide bonds. The van der Waals surface area contributed by atoms with Crippen molar-refractivity contribution in [3.63, 3.8) is 0 Å². The van der Waals surface area contributed by atoms with Crippen molar-refractivity contribution < 1.29 is 5.11 Å². The molecule has 11 heavy (non-hydrogen) atoms. The van der Waals surface area contributed by atoms with Crippen molar-refractivity contribution in [2.24, 2.45) is 0 Å². The van der Waals surface area contributed by atoms with Crippen molar-refractivity contribution >= 4 is 28.3 Å². The number of rotatable bonds is 3. The van der Waals surface area contributed by atoms with Crippen molar-refractivity contribution in [3.8, 4) is 5.75 Å². The van der Waals surface area contributed by atoms with E-state index < -0.39 is 0 Å². The molecular weight excluding hydrogens is 253 g/mol. The maximum absolute atomic E-state index is 8.95. The fourth-order valence-corrected chi connectivity index (χ4v) is 1.04. The summed E-state index contributed by atoms with van der Waals surface area (Å²) in [7, 11) is 0. The molecule has 60 valence electrons. The van der Waals surface area contributed by atoms with Gasteiger partial charge in [0, 0.05) is 16.7 Å². The maximum Gasteiger partial charge on any atom is 0.115 e. The first-order valence-corrected chi connectivity index (χ1v) is 4.94. The van der Waals surface area contributed by atoms with Gasteiger partial charge in [0.1, 0.15) is 5.75 Å². The van der Waals surface area contributed by atoms with E-state index in [1.54, 1.807) is 12.1 Å². The van der Waals surface area contributed by atoms with E-state index in [-0.39, 0.29) is 0 Å². The maximum atomic E-state index is 8.95. The van der Waals surface area contributed by atoms with Gasteiger partial charge in [0.25, 0.3) is 0 Å². The lowest BCUT2D eigenvalue weighted by Gasteiger charge is -2.02. The van der Waals surface area contributed by atoms with Gasteiger partial charge in [0.15, 0.2) is 0 Å². The molecule has 2 N–H and O–H groups in total. The first-order valence-electron chi connectivity index (χ1n) is 3.42. The molecule has 1 aromatic carbocycles. The monoisotopic (exact) mass is 263 g/mol. The van der Waals surface area contributed by atoms with E-state index in [0.29, 0.717) is 5.75 Å². The lowest BCUT2D eigenvalue weighted by atomic mass is 10.3. The first kappa shape index (κ1) is 8.64. The normalized spacial score (nSPS) is 9.55. The van der Waals surface area contributed by atoms with E-state index in [1.165, 1.54) is 0 Å². The third-order valence-corrected chi connectivity index (χ3v) is 1.83. The molecule has 0 saturated carbocycles. The van der Waals surface area contributed by atoms with Crippen LogP contribution in [-0.2, 0) is 0 Å². The SMILES string of the molecule is Oc1ccc(NCCI)cc1. The summed E-state index contributed by atoms with van der Waals surface area (Å²) in [6.07, 6.45) is 0. The fraction of sp³-hybridized carbons (Fsp3) is 0.250. The Hall–Kier alpha value is -0.450. The highest BCUT2D eigenvalue weighted by Gasteiger charge is 1.89. The number of halogens is 1. The molecule has 0 atom stereocenters. The predicted octanol–water partition coefficient (Wildman–Crippen LogP) is 2.24. The number of hydrogen-bond donors (Lipinski definition) is 2. The van der Waals surface area contributed by atoms with Gasteiger partial charge in [-0.1, -0.05) is 22.6 Å². The Kier molecular flexibility index (Phi) is 3.48. The number of benzene rings is 1. The number of nitrogens with one attached hydrogen (secondary N) is 1. The summed E-state index contributed by atoms with van der Waals surface area (Å²) >= 11 is 2.31. The average molecular weight is 263 g/mol.